The van der Waals surface area contributed by atoms with Gasteiger partial charge < -0.3 is 45.9 Å². The molecule has 13 nitrogen and oxygen atoms in total. The van der Waals surface area contributed by atoms with Gasteiger partial charge in [-0.1, -0.05) is 12.2 Å². The molecule has 4 amide bonds. The zero-order valence-electron chi connectivity index (χ0n) is 20.9. The summed E-state index contributed by atoms with van der Waals surface area (Å²) in [5, 5.41) is 5.03. The van der Waals surface area contributed by atoms with E-state index in [9.17, 15) is 19.2 Å². The van der Waals surface area contributed by atoms with Crippen molar-refractivity contribution in [3.05, 3.63) is 12.2 Å². The molecule has 36 heavy (non-hydrogen) atoms. The van der Waals surface area contributed by atoms with Crippen LogP contribution in [0.3, 0.4) is 0 Å². The highest BCUT2D eigenvalue weighted by molar-refractivity contribution is 5.88. The Hall–Kier alpha value is -2.74. The van der Waals surface area contributed by atoms with E-state index in [0.29, 0.717) is 33.0 Å². The molecule has 1 rings (SSSR count). The molecular formula is C23H41N5O8. The van der Waals surface area contributed by atoms with Gasteiger partial charge in [0.1, 0.15) is 6.10 Å². The highest BCUT2D eigenvalue weighted by Crippen LogP contribution is 2.15. The van der Waals surface area contributed by atoms with E-state index in [1.807, 2.05) is 0 Å². The SMILES string of the molecule is NCC(=O)NCC(=O)N(CCOCCOCCOCCNC(=O)OC1CC/C=C/CCC1)CC(N)=O. The second-order valence-corrected chi connectivity index (χ2v) is 8.03. The lowest BCUT2D eigenvalue weighted by Crippen LogP contribution is -2.46. The van der Waals surface area contributed by atoms with E-state index in [2.05, 4.69) is 22.8 Å². The number of amides is 4. The maximum Gasteiger partial charge on any atom is 0.407 e. The van der Waals surface area contributed by atoms with Gasteiger partial charge in [-0.2, -0.15) is 0 Å². The third kappa shape index (κ3) is 16.8. The molecule has 0 aromatic carbocycles. The number of hydrogen-bond acceptors (Lipinski definition) is 9. The number of carbonyl (C=O) groups is 4. The molecule has 0 saturated heterocycles. The molecule has 13 heteroatoms. The van der Waals surface area contributed by atoms with Gasteiger partial charge in [0.25, 0.3) is 0 Å². The molecule has 1 atom stereocenters. The first-order chi connectivity index (χ1) is 17.4. The van der Waals surface area contributed by atoms with Crippen LogP contribution in [0.25, 0.3) is 0 Å². The molecule has 0 aromatic heterocycles. The summed E-state index contributed by atoms with van der Waals surface area (Å²) in [5.41, 5.74) is 10.3. The summed E-state index contributed by atoms with van der Waals surface area (Å²) in [6, 6.07) is 0. The van der Waals surface area contributed by atoms with Crippen molar-refractivity contribution in [2.45, 2.75) is 38.2 Å². The summed E-state index contributed by atoms with van der Waals surface area (Å²) in [4.78, 5) is 47.5. The van der Waals surface area contributed by atoms with E-state index >= 15 is 0 Å². The molecule has 1 aliphatic carbocycles. The fourth-order valence-electron chi connectivity index (χ4n) is 3.22. The number of ether oxygens (including phenoxy) is 4. The fraction of sp³-hybridized carbons (Fsp3) is 0.739. The number of allylic oxidation sites excluding steroid dienone is 2. The van der Waals surface area contributed by atoms with Crippen molar-refractivity contribution in [3.8, 4) is 0 Å². The Labute approximate surface area is 212 Å². The predicted octanol–water partition coefficient (Wildman–Crippen LogP) is -0.960. The zero-order chi connectivity index (χ0) is 26.4. The molecule has 1 aliphatic rings. The van der Waals surface area contributed by atoms with Crippen molar-refractivity contribution in [2.24, 2.45) is 11.5 Å². The molecular weight excluding hydrogens is 474 g/mol. The first-order valence-electron chi connectivity index (χ1n) is 12.3. The summed E-state index contributed by atoms with van der Waals surface area (Å²) in [6.07, 6.45) is 8.55. The Morgan fingerprint density at radius 2 is 1.56 bits per heavy atom. The minimum absolute atomic E-state index is 0.0396. The van der Waals surface area contributed by atoms with Gasteiger partial charge in [0.05, 0.1) is 59.3 Å². The number of nitrogens with zero attached hydrogens (tertiary/aromatic N) is 1. The first-order valence-corrected chi connectivity index (χ1v) is 12.3. The van der Waals surface area contributed by atoms with Crippen molar-refractivity contribution in [1.29, 1.82) is 0 Å². The Balaban J connectivity index is 1.99. The van der Waals surface area contributed by atoms with E-state index in [-0.39, 0.29) is 45.5 Å². The van der Waals surface area contributed by atoms with E-state index in [1.54, 1.807) is 0 Å². The van der Waals surface area contributed by atoms with Gasteiger partial charge in [0.15, 0.2) is 0 Å². The number of nitrogens with two attached hydrogens (primary N) is 2. The summed E-state index contributed by atoms with van der Waals surface area (Å²) in [6.45, 7) is 1.54. The second kappa shape index (κ2) is 20.5. The van der Waals surface area contributed by atoms with Crippen LogP contribution in [-0.2, 0) is 33.3 Å². The molecule has 206 valence electrons. The molecule has 0 heterocycles. The van der Waals surface area contributed by atoms with Crippen LogP contribution in [0.4, 0.5) is 4.79 Å². The molecule has 0 saturated carbocycles. The van der Waals surface area contributed by atoms with Gasteiger partial charge in [0.2, 0.25) is 17.7 Å². The van der Waals surface area contributed by atoms with Crippen LogP contribution >= 0.6 is 0 Å². The Morgan fingerprint density at radius 1 is 0.889 bits per heavy atom. The van der Waals surface area contributed by atoms with Crippen LogP contribution in [0.1, 0.15) is 32.1 Å². The third-order valence-corrected chi connectivity index (χ3v) is 5.08. The van der Waals surface area contributed by atoms with Crippen LogP contribution in [0.5, 0.6) is 0 Å². The molecule has 0 aliphatic heterocycles. The zero-order valence-corrected chi connectivity index (χ0v) is 20.9. The monoisotopic (exact) mass is 515 g/mol. The van der Waals surface area contributed by atoms with Crippen molar-refractivity contribution < 1.29 is 38.1 Å². The minimum atomic E-state index is -0.670. The minimum Gasteiger partial charge on any atom is -0.446 e. The van der Waals surface area contributed by atoms with Gasteiger partial charge in [-0.05, 0) is 32.1 Å². The Morgan fingerprint density at radius 3 is 2.25 bits per heavy atom. The molecule has 0 radical (unpaired) electrons. The molecule has 0 aromatic rings. The summed E-state index contributed by atoms with van der Waals surface area (Å²) < 4.78 is 21.7. The lowest BCUT2D eigenvalue weighted by Gasteiger charge is -2.21. The molecule has 0 spiro atoms. The van der Waals surface area contributed by atoms with Crippen LogP contribution in [0.2, 0.25) is 0 Å². The fourth-order valence-corrected chi connectivity index (χ4v) is 3.22. The first kappa shape index (κ1) is 31.3. The number of alkyl carbamates (subject to hydrolysis) is 1. The number of rotatable bonds is 18. The number of primary amides is 1. The standard InChI is InChI=1S/C23H41N5O8/c24-16-21(30)27-17-22(31)28(18-20(25)29)9-11-34-13-15-35-14-12-33-10-8-26-23(32)36-19-6-4-2-1-3-5-7-19/h1-2,19H,3-18,24H2,(H2,25,29)(H,26,32)(H,27,30)/b2-1+. The van der Waals surface area contributed by atoms with Crippen molar-refractivity contribution in [1.82, 2.24) is 15.5 Å². The lowest BCUT2D eigenvalue weighted by atomic mass is 10.0. The number of carbonyl (C=O) groups excluding carboxylic acids is 4. The average molecular weight is 516 g/mol. The van der Waals surface area contributed by atoms with Crippen molar-refractivity contribution >= 4 is 23.8 Å². The van der Waals surface area contributed by atoms with Crippen molar-refractivity contribution in [2.75, 3.05) is 72.4 Å². The third-order valence-electron chi connectivity index (χ3n) is 5.08. The normalized spacial score (nSPS) is 16.3. The highest BCUT2D eigenvalue weighted by atomic mass is 16.6. The van der Waals surface area contributed by atoms with Gasteiger partial charge in [-0.15, -0.1) is 0 Å². The largest absolute Gasteiger partial charge is 0.446 e. The highest BCUT2D eigenvalue weighted by Gasteiger charge is 2.16. The lowest BCUT2D eigenvalue weighted by molar-refractivity contribution is -0.136. The van der Waals surface area contributed by atoms with E-state index in [1.165, 1.54) is 4.90 Å². The van der Waals surface area contributed by atoms with Gasteiger partial charge in [0, 0.05) is 13.1 Å². The van der Waals surface area contributed by atoms with Crippen LogP contribution in [0, 0.1) is 0 Å². The van der Waals surface area contributed by atoms with Gasteiger partial charge >= 0.3 is 6.09 Å². The van der Waals surface area contributed by atoms with Crippen molar-refractivity contribution in [3.63, 3.8) is 0 Å². The van der Waals surface area contributed by atoms with Gasteiger partial charge in [-0.3, -0.25) is 14.4 Å². The molecule has 6 N–H and O–H groups in total. The Bertz CT molecular complexity index is 691. The maximum atomic E-state index is 12.1. The summed E-state index contributed by atoms with van der Waals surface area (Å²) in [7, 11) is 0. The maximum absolute atomic E-state index is 12.1. The summed E-state index contributed by atoms with van der Waals surface area (Å²) >= 11 is 0. The van der Waals surface area contributed by atoms with E-state index in [0.717, 1.165) is 32.1 Å². The van der Waals surface area contributed by atoms with Crippen LogP contribution in [-0.4, -0.2) is 107 Å². The van der Waals surface area contributed by atoms with E-state index < -0.39 is 23.8 Å². The van der Waals surface area contributed by atoms with E-state index in [4.69, 9.17) is 30.4 Å². The van der Waals surface area contributed by atoms with Crippen LogP contribution < -0.4 is 22.1 Å². The second-order valence-electron chi connectivity index (χ2n) is 8.03. The van der Waals surface area contributed by atoms with Crippen LogP contribution in [0.15, 0.2) is 12.2 Å². The molecule has 0 bridgehead atoms. The number of hydrogen-bond donors (Lipinski definition) is 4. The Kier molecular flexibility index (Phi) is 17.8. The smallest absolute Gasteiger partial charge is 0.407 e. The topological polar surface area (TPSA) is 185 Å². The average Bonchev–Trinajstić information content (AvgIpc) is 2.83. The molecule has 0 fully saturated rings. The van der Waals surface area contributed by atoms with Gasteiger partial charge in [-0.25, -0.2) is 4.79 Å². The number of nitrogens with one attached hydrogen (secondary N) is 2. The molecule has 1 unspecified atom stereocenters. The predicted molar refractivity (Wildman–Crippen MR) is 131 cm³/mol. The summed E-state index contributed by atoms with van der Waals surface area (Å²) in [5.74, 6) is -1.61. The quantitative estimate of drug-likeness (QED) is 0.132.